The van der Waals surface area contributed by atoms with E-state index in [1.54, 1.807) is 48.5 Å². The van der Waals surface area contributed by atoms with Crippen LogP contribution in [-0.4, -0.2) is 65.9 Å². The number of nitrogens with one attached hydrogen (secondary N) is 1. The Balaban J connectivity index is 1.23. The van der Waals surface area contributed by atoms with Gasteiger partial charge in [0.25, 0.3) is 0 Å². The molecule has 0 spiro atoms. The van der Waals surface area contributed by atoms with Crippen molar-refractivity contribution < 1.29 is 37.3 Å². The Labute approximate surface area is 231 Å². The lowest BCUT2D eigenvalue weighted by atomic mass is 9.78. The third-order valence-corrected chi connectivity index (χ3v) is 7.29. The van der Waals surface area contributed by atoms with Gasteiger partial charge >= 0.3 is 12.1 Å². The third kappa shape index (κ3) is 6.74. The molecule has 3 atom stereocenters. The predicted octanol–water partition coefficient (Wildman–Crippen LogP) is 4.79. The standard InChI is InChI=1S/C30H33F3N2O5/c1-28(30(31,32)33)15-6-7-22(26(28)36)18-35-19-23(34-20-35)14-16-39-24-12-10-21(11-13-24)17-29(2,27(37)38)40-25-8-4-3-5-9-25/h3-13,15,23,34H,14,16-20H2,1-2H3,(H,37,38). The van der Waals surface area contributed by atoms with E-state index in [1.165, 1.54) is 19.1 Å². The van der Waals surface area contributed by atoms with Crippen molar-refractivity contribution >= 4 is 11.8 Å². The molecule has 1 aliphatic carbocycles. The lowest BCUT2D eigenvalue weighted by Crippen LogP contribution is -2.44. The van der Waals surface area contributed by atoms with Gasteiger partial charge in [-0.15, -0.1) is 0 Å². The summed E-state index contributed by atoms with van der Waals surface area (Å²) in [5, 5.41) is 13.1. The van der Waals surface area contributed by atoms with E-state index >= 15 is 0 Å². The van der Waals surface area contributed by atoms with Gasteiger partial charge in [-0.1, -0.05) is 48.6 Å². The van der Waals surface area contributed by atoms with Gasteiger partial charge in [0, 0.05) is 37.8 Å². The van der Waals surface area contributed by atoms with Crippen molar-refractivity contribution in [2.45, 2.75) is 44.5 Å². The molecule has 7 nitrogen and oxygen atoms in total. The number of para-hydroxylation sites is 1. The molecule has 1 aliphatic heterocycles. The number of aliphatic carboxylic acids is 1. The Morgan fingerprint density at radius 2 is 1.82 bits per heavy atom. The zero-order chi connectivity index (χ0) is 29.0. The van der Waals surface area contributed by atoms with Crippen molar-refractivity contribution in [2.75, 3.05) is 26.4 Å². The number of ether oxygens (including phenoxy) is 2. The zero-order valence-corrected chi connectivity index (χ0v) is 22.4. The summed E-state index contributed by atoms with van der Waals surface area (Å²) in [7, 11) is 0. The van der Waals surface area contributed by atoms with Crippen molar-refractivity contribution in [1.29, 1.82) is 0 Å². The van der Waals surface area contributed by atoms with E-state index in [2.05, 4.69) is 5.32 Å². The third-order valence-electron chi connectivity index (χ3n) is 7.29. The summed E-state index contributed by atoms with van der Waals surface area (Å²) in [6.07, 6.45) is -0.139. The van der Waals surface area contributed by atoms with Crippen LogP contribution in [0, 0.1) is 5.41 Å². The Morgan fingerprint density at radius 3 is 2.48 bits per heavy atom. The van der Waals surface area contributed by atoms with Crippen molar-refractivity contribution in [3.05, 3.63) is 84.0 Å². The number of hydrogen-bond acceptors (Lipinski definition) is 6. The van der Waals surface area contributed by atoms with Crippen LogP contribution >= 0.6 is 0 Å². The number of benzene rings is 2. The van der Waals surface area contributed by atoms with Crippen LogP contribution in [0.1, 0.15) is 25.8 Å². The molecule has 214 valence electrons. The average Bonchev–Trinajstić information content (AvgIpc) is 3.35. The van der Waals surface area contributed by atoms with Crippen LogP contribution < -0.4 is 14.8 Å². The van der Waals surface area contributed by atoms with E-state index in [9.17, 15) is 27.9 Å². The lowest BCUT2D eigenvalue weighted by molar-refractivity contribution is -0.199. The molecule has 2 aliphatic rings. The van der Waals surface area contributed by atoms with Crippen LogP contribution in [0.25, 0.3) is 0 Å². The number of hydrogen-bond donors (Lipinski definition) is 2. The monoisotopic (exact) mass is 558 g/mol. The van der Waals surface area contributed by atoms with E-state index in [4.69, 9.17) is 9.47 Å². The van der Waals surface area contributed by atoms with Crippen LogP contribution in [0.15, 0.2) is 78.4 Å². The molecular formula is C30H33F3N2O5. The minimum Gasteiger partial charge on any atom is -0.494 e. The summed E-state index contributed by atoms with van der Waals surface area (Å²) in [5.74, 6) is -0.862. The number of halogens is 3. The quantitative estimate of drug-likeness (QED) is 0.410. The summed E-state index contributed by atoms with van der Waals surface area (Å²) in [6.45, 7) is 4.04. The highest BCUT2D eigenvalue weighted by Crippen LogP contribution is 2.43. The number of carboxylic acid groups (broad SMARTS) is 1. The molecule has 4 rings (SSSR count). The normalized spacial score (nSPS) is 23.0. The van der Waals surface area contributed by atoms with Gasteiger partial charge in [-0.25, -0.2) is 4.79 Å². The van der Waals surface area contributed by atoms with Gasteiger partial charge in [-0.3, -0.25) is 9.69 Å². The van der Waals surface area contributed by atoms with Gasteiger partial charge in [0.15, 0.2) is 5.78 Å². The number of alkyl halides is 3. The number of carbonyl (C=O) groups is 2. The number of carbonyl (C=O) groups excluding carboxylic acids is 1. The summed E-state index contributed by atoms with van der Waals surface area (Å²) in [5.41, 5.74) is -3.00. The SMILES string of the molecule is CC(Cc1ccc(OCCC2CN(CC3=CC=CC(C)(C(F)(F)F)C3=O)CN2)cc1)(Oc1ccccc1)C(=O)O. The molecule has 1 fully saturated rings. The topological polar surface area (TPSA) is 88.1 Å². The molecule has 0 bridgehead atoms. The van der Waals surface area contributed by atoms with E-state index < -0.39 is 28.9 Å². The number of carboxylic acids is 1. The smallest absolute Gasteiger partial charge is 0.404 e. The maximum atomic E-state index is 13.4. The molecule has 1 heterocycles. The van der Waals surface area contributed by atoms with Crippen molar-refractivity contribution in [2.24, 2.45) is 5.41 Å². The van der Waals surface area contributed by atoms with Gasteiger partial charge in [0.05, 0.1) is 6.61 Å². The molecule has 3 unspecified atom stereocenters. The predicted molar refractivity (Wildman–Crippen MR) is 143 cm³/mol. The van der Waals surface area contributed by atoms with E-state index in [1.807, 2.05) is 11.0 Å². The second kappa shape index (κ2) is 11.9. The van der Waals surface area contributed by atoms with Gasteiger partial charge in [-0.05, 0) is 50.1 Å². The van der Waals surface area contributed by atoms with E-state index in [0.29, 0.717) is 37.7 Å². The molecule has 0 radical (unpaired) electrons. The molecule has 0 amide bonds. The number of ketones is 1. The highest BCUT2D eigenvalue weighted by atomic mass is 19.4. The number of nitrogens with zero attached hydrogens (tertiary/aromatic N) is 1. The fourth-order valence-electron chi connectivity index (χ4n) is 4.76. The van der Waals surface area contributed by atoms with Crippen LogP contribution in [0.4, 0.5) is 13.2 Å². The highest BCUT2D eigenvalue weighted by molar-refractivity contribution is 6.03. The number of allylic oxidation sites excluding steroid dienone is 3. The largest absolute Gasteiger partial charge is 0.494 e. The molecule has 40 heavy (non-hydrogen) atoms. The molecule has 0 aromatic heterocycles. The molecule has 2 N–H and O–H groups in total. The first-order valence-electron chi connectivity index (χ1n) is 13.0. The Hall–Kier alpha value is -3.63. The number of rotatable bonds is 11. The van der Waals surface area contributed by atoms with Crippen molar-refractivity contribution in [3.8, 4) is 11.5 Å². The van der Waals surface area contributed by atoms with Crippen LogP contribution in [0.5, 0.6) is 11.5 Å². The van der Waals surface area contributed by atoms with Gasteiger partial charge in [0.2, 0.25) is 5.60 Å². The minimum atomic E-state index is -4.65. The lowest BCUT2D eigenvalue weighted by Gasteiger charge is -2.31. The second-order valence-electron chi connectivity index (χ2n) is 10.6. The Bertz CT molecular complexity index is 1260. The summed E-state index contributed by atoms with van der Waals surface area (Å²) in [4.78, 5) is 26.4. The Morgan fingerprint density at radius 1 is 1.12 bits per heavy atom. The first-order valence-corrected chi connectivity index (χ1v) is 13.0. The first kappa shape index (κ1) is 29.4. The van der Waals surface area contributed by atoms with E-state index in [0.717, 1.165) is 18.6 Å². The van der Waals surface area contributed by atoms with Crippen molar-refractivity contribution in [3.63, 3.8) is 0 Å². The van der Waals surface area contributed by atoms with Crippen LogP contribution in [-0.2, 0) is 16.0 Å². The molecule has 0 saturated carbocycles. The zero-order valence-electron chi connectivity index (χ0n) is 22.4. The van der Waals surface area contributed by atoms with Crippen LogP contribution in [0.3, 0.4) is 0 Å². The Kier molecular flexibility index (Phi) is 8.70. The fraction of sp³-hybridized carbons (Fsp3) is 0.400. The summed E-state index contributed by atoms with van der Waals surface area (Å²) in [6, 6.07) is 16.0. The average molecular weight is 559 g/mol. The van der Waals surface area contributed by atoms with Crippen molar-refractivity contribution in [1.82, 2.24) is 10.2 Å². The maximum absolute atomic E-state index is 13.4. The molecule has 2 aromatic carbocycles. The minimum absolute atomic E-state index is 0.0644. The summed E-state index contributed by atoms with van der Waals surface area (Å²) >= 11 is 0. The molecule has 2 aromatic rings. The molecule has 10 heteroatoms. The maximum Gasteiger partial charge on any atom is 0.404 e. The second-order valence-corrected chi connectivity index (χ2v) is 10.6. The van der Waals surface area contributed by atoms with Gasteiger partial charge < -0.3 is 19.9 Å². The fourth-order valence-corrected chi connectivity index (χ4v) is 4.76. The van der Waals surface area contributed by atoms with Gasteiger partial charge in [-0.2, -0.15) is 13.2 Å². The first-order chi connectivity index (χ1) is 18.9. The molecule has 1 saturated heterocycles. The highest BCUT2D eigenvalue weighted by Gasteiger charge is 2.56. The van der Waals surface area contributed by atoms with Gasteiger partial charge in [0.1, 0.15) is 16.9 Å². The molecular weight excluding hydrogens is 525 g/mol. The number of Topliss-reactive ketones (excluding diaryl/α,β-unsaturated/α-hetero) is 1. The van der Waals surface area contributed by atoms with E-state index in [-0.39, 0.29) is 24.6 Å². The van der Waals surface area contributed by atoms with Crippen LogP contribution in [0.2, 0.25) is 0 Å². The summed E-state index contributed by atoms with van der Waals surface area (Å²) < 4.78 is 52.0.